The molecule has 7 nitrogen and oxygen atoms in total. The highest BCUT2D eigenvalue weighted by atomic mass is 32.2. The van der Waals surface area contributed by atoms with Gasteiger partial charge in [-0.15, -0.1) is 0 Å². The lowest BCUT2D eigenvalue weighted by atomic mass is 10.1. The predicted molar refractivity (Wildman–Crippen MR) is 79.3 cm³/mol. The zero-order valence-corrected chi connectivity index (χ0v) is 13.2. The summed E-state index contributed by atoms with van der Waals surface area (Å²) in [5, 5.41) is 8.52. The van der Waals surface area contributed by atoms with Crippen LogP contribution in [0.1, 0.15) is 26.2 Å². The zero-order valence-electron chi connectivity index (χ0n) is 12.4. The topological polar surface area (TPSA) is 121 Å². The molecule has 0 fully saturated rings. The minimum atomic E-state index is -3.97. The zero-order chi connectivity index (χ0) is 16.2. The van der Waals surface area contributed by atoms with Gasteiger partial charge >= 0.3 is 5.97 Å². The van der Waals surface area contributed by atoms with Gasteiger partial charge < -0.3 is 15.7 Å². The van der Waals surface area contributed by atoms with Crippen molar-refractivity contribution in [3.8, 4) is 0 Å². The standard InChI is InChI=1S/C7H12O5S.C5H14N2/c1-2-6(7(8)9)4-3-5-13(10,11)12;1-7(2)5-3-4-6/h2H,3-5H2,1H3,(H,8,9)(H,10,11,12);3-6H2,1-2H3. The lowest BCUT2D eigenvalue weighted by Crippen LogP contribution is -2.16. The van der Waals surface area contributed by atoms with Crippen LogP contribution in [0.5, 0.6) is 0 Å². The average molecular weight is 310 g/mol. The molecule has 0 aromatic carbocycles. The first-order chi connectivity index (χ1) is 9.14. The highest BCUT2D eigenvalue weighted by Crippen LogP contribution is 2.06. The molecule has 8 heteroatoms. The van der Waals surface area contributed by atoms with E-state index in [4.69, 9.17) is 15.4 Å². The van der Waals surface area contributed by atoms with E-state index >= 15 is 0 Å². The lowest BCUT2D eigenvalue weighted by molar-refractivity contribution is -0.132. The molecule has 0 aromatic rings. The molecule has 0 amide bonds. The van der Waals surface area contributed by atoms with Gasteiger partial charge in [0.2, 0.25) is 0 Å². The van der Waals surface area contributed by atoms with E-state index in [1.165, 1.54) is 6.08 Å². The van der Waals surface area contributed by atoms with Crippen LogP contribution >= 0.6 is 0 Å². The normalized spacial score (nSPS) is 12.0. The second-order valence-electron chi connectivity index (χ2n) is 4.45. The smallest absolute Gasteiger partial charge is 0.331 e. The van der Waals surface area contributed by atoms with Crippen molar-refractivity contribution in [2.75, 3.05) is 32.9 Å². The van der Waals surface area contributed by atoms with Crippen molar-refractivity contribution in [3.63, 3.8) is 0 Å². The Kier molecular flexibility index (Phi) is 12.6. The number of nitrogens with two attached hydrogens (primary N) is 1. The molecule has 0 rings (SSSR count). The number of carbonyl (C=O) groups is 1. The molecule has 0 aliphatic rings. The summed E-state index contributed by atoms with van der Waals surface area (Å²) in [5.41, 5.74) is 5.41. The highest BCUT2D eigenvalue weighted by Gasteiger charge is 2.08. The molecule has 0 saturated carbocycles. The fourth-order valence-electron chi connectivity index (χ4n) is 1.23. The molecule has 4 N–H and O–H groups in total. The quantitative estimate of drug-likeness (QED) is 0.443. The van der Waals surface area contributed by atoms with Crippen molar-refractivity contribution in [1.82, 2.24) is 4.90 Å². The summed E-state index contributed by atoms with van der Waals surface area (Å²) in [5.74, 6) is -1.46. The average Bonchev–Trinajstić information content (AvgIpc) is 2.31. The molecule has 0 saturated heterocycles. The van der Waals surface area contributed by atoms with Crippen LogP contribution in [-0.2, 0) is 14.9 Å². The van der Waals surface area contributed by atoms with Crippen LogP contribution in [0.4, 0.5) is 0 Å². The van der Waals surface area contributed by atoms with Gasteiger partial charge in [0.15, 0.2) is 0 Å². The van der Waals surface area contributed by atoms with Gasteiger partial charge in [-0.3, -0.25) is 4.55 Å². The van der Waals surface area contributed by atoms with Crippen molar-refractivity contribution >= 4 is 16.1 Å². The molecule has 0 radical (unpaired) electrons. The van der Waals surface area contributed by atoms with Gasteiger partial charge in [0.25, 0.3) is 10.1 Å². The molecule has 0 aliphatic carbocycles. The number of carboxylic acid groups (broad SMARTS) is 1. The molecule has 0 spiro atoms. The summed E-state index contributed by atoms with van der Waals surface area (Å²) in [6, 6.07) is 0. The Morgan fingerprint density at radius 1 is 1.30 bits per heavy atom. The molecular formula is C12H26N2O5S. The maximum atomic E-state index is 10.4. The number of carboxylic acids is 1. The second kappa shape index (κ2) is 11.8. The molecule has 20 heavy (non-hydrogen) atoms. The van der Waals surface area contributed by atoms with Gasteiger partial charge in [0.1, 0.15) is 0 Å². The molecule has 0 aromatic heterocycles. The van der Waals surface area contributed by atoms with Gasteiger partial charge in [0, 0.05) is 5.57 Å². The van der Waals surface area contributed by atoms with Crippen LogP contribution in [-0.4, -0.2) is 61.9 Å². The largest absolute Gasteiger partial charge is 0.478 e. The summed E-state index contributed by atoms with van der Waals surface area (Å²) in [6.45, 7) is 3.48. The minimum Gasteiger partial charge on any atom is -0.478 e. The number of aliphatic carboxylic acids is 1. The monoisotopic (exact) mass is 310 g/mol. The summed E-state index contributed by atoms with van der Waals surface area (Å²) in [4.78, 5) is 12.5. The Labute approximate surface area is 121 Å². The molecule has 0 bridgehead atoms. The molecule has 0 unspecified atom stereocenters. The third kappa shape index (κ3) is 17.0. The van der Waals surface area contributed by atoms with E-state index < -0.39 is 21.8 Å². The van der Waals surface area contributed by atoms with Gasteiger partial charge in [0.05, 0.1) is 5.75 Å². The Hall–Kier alpha value is -0.960. The predicted octanol–water partition coefficient (Wildman–Crippen LogP) is 0.582. The highest BCUT2D eigenvalue weighted by molar-refractivity contribution is 7.85. The van der Waals surface area contributed by atoms with Crippen LogP contribution in [0.15, 0.2) is 11.6 Å². The molecule has 0 heterocycles. The number of nitrogens with zero attached hydrogens (tertiary/aromatic N) is 1. The van der Waals surface area contributed by atoms with Crippen molar-refractivity contribution in [1.29, 1.82) is 0 Å². The van der Waals surface area contributed by atoms with E-state index in [0.29, 0.717) is 0 Å². The van der Waals surface area contributed by atoms with Gasteiger partial charge in [-0.1, -0.05) is 6.08 Å². The van der Waals surface area contributed by atoms with Crippen LogP contribution in [0.2, 0.25) is 0 Å². The first-order valence-electron chi connectivity index (χ1n) is 6.32. The molecule has 0 atom stereocenters. The number of hydrogen-bond acceptors (Lipinski definition) is 5. The first-order valence-corrected chi connectivity index (χ1v) is 7.93. The fourth-order valence-corrected chi connectivity index (χ4v) is 1.74. The lowest BCUT2D eigenvalue weighted by Gasteiger charge is -2.05. The Morgan fingerprint density at radius 3 is 2.10 bits per heavy atom. The van der Waals surface area contributed by atoms with Crippen LogP contribution in [0.25, 0.3) is 0 Å². The van der Waals surface area contributed by atoms with E-state index in [1.54, 1.807) is 6.92 Å². The summed E-state index contributed by atoms with van der Waals surface area (Å²) in [7, 11) is 0.129. The number of hydrogen-bond donors (Lipinski definition) is 3. The van der Waals surface area contributed by atoms with Crippen molar-refractivity contribution < 1.29 is 22.9 Å². The van der Waals surface area contributed by atoms with Crippen molar-refractivity contribution in [3.05, 3.63) is 11.6 Å². The fraction of sp³-hybridized carbons (Fsp3) is 0.750. The van der Waals surface area contributed by atoms with E-state index in [2.05, 4.69) is 19.0 Å². The third-order valence-electron chi connectivity index (χ3n) is 2.28. The van der Waals surface area contributed by atoms with Gasteiger partial charge in [-0.05, 0) is 53.4 Å². The number of allylic oxidation sites excluding steroid dienone is 1. The van der Waals surface area contributed by atoms with E-state index in [1.807, 2.05) is 0 Å². The van der Waals surface area contributed by atoms with E-state index in [9.17, 15) is 13.2 Å². The van der Waals surface area contributed by atoms with Crippen LogP contribution < -0.4 is 5.73 Å². The maximum Gasteiger partial charge on any atom is 0.331 e. The summed E-state index contributed by atoms with van der Waals surface area (Å²) < 4.78 is 28.9. The third-order valence-corrected chi connectivity index (χ3v) is 3.09. The molecular weight excluding hydrogens is 284 g/mol. The van der Waals surface area contributed by atoms with Crippen LogP contribution in [0.3, 0.4) is 0 Å². The molecule has 0 aliphatic heterocycles. The van der Waals surface area contributed by atoms with Crippen LogP contribution in [0, 0.1) is 0 Å². The van der Waals surface area contributed by atoms with Gasteiger partial charge in [-0.2, -0.15) is 8.42 Å². The molecule has 120 valence electrons. The van der Waals surface area contributed by atoms with Crippen molar-refractivity contribution in [2.45, 2.75) is 26.2 Å². The second-order valence-corrected chi connectivity index (χ2v) is 6.03. The SMILES string of the molecule is CC=C(CCCS(=O)(=O)O)C(=O)O.CN(C)CCCN. The van der Waals surface area contributed by atoms with Gasteiger partial charge in [-0.25, -0.2) is 4.79 Å². The van der Waals surface area contributed by atoms with E-state index in [0.717, 1.165) is 19.5 Å². The maximum absolute atomic E-state index is 10.4. The first kappa shape index (κ1) is 21.3. The Balaban J connectivity index is 0. The summed E-state index contributed by atoms with van der Waals surface area (Å²) >= 11 is 0. The van der Waals surface area contributed by atoms with E-state index in [-0.39, 0.29) is 18.4 Å². The van der Waals surface area contributed by atoms with Crippen molar-refractivity contribution in [2.24, 2.45) is 5.73 Å². The minimum absolute atomic E-state index is 0.116. The number of rotatable bonds is 8. The Bertz CT molecular complexity index is 391. The summed E-state index contributed by atoms with van der Waals surface area (Å²) in [6.07, 6.45) is 2.77. The Morgan fingerprint density at radius 2 is 1.85 bits per heavy atom.